The van der Waals surface area contributed by atoms with E-state index in [-0.39, 0.29) is 0 Å². The van der Waals surface area contributed by atoms with Crippen molar-refractivity contribution in [3.63, 3.8) is 0 Å². The number of likely N-dealkylation sites (tertiary alicyclic amines) is 1. The van der Waals surface area contributed by atoms with Crippen molar-refractivity contribution < 1.29 is 0 Å². The molecule has 0 aromatic carbocycles. The Morgan fingerprint density at radius 3 is 1.70 bits per heavy atom. The van der Waals surface area contributed by atoms with Crippen LogP contribution in [-0.4, -0.2) is 65.8 Å². The number of hydrogen-bond donors (Lipinski definition) is 0. The van der Waals surface area contributed by atoms with Gasteiger partial charge in [0.2, 0.25) is 0 Å². The van der Waals surface area contributed by atoms with Crippen molar-refractivity contribution in [1.82, 2.24) is 14.2 Å². The van der Waals surface area contributed by atoms with Crippen LogP contribution in [0.5, 0.6) is 0 Å². The van der Waals surface area contributed by atoms with Crippen molar-refractivity contribution in [2.24, 2.45) is 22.5 Å². The van der Waals surface area contributed by atoms with Gasteiger partial charge in [0.05, 0.1) is 0 Å². The molecule has 0 spiro atoms. The van der Waals surface area contributed by atoms with Gasteiger partial charge in [0.15, 0.2) is 5.11 Å². The molecule has 1 saturated heterocycles. The van der Waals surface area contributed by atoms with Gasteiger partial charge in [-0.25, -0.2) is 4.74 Å². The third-order valence-electron chi connectivity index (χ3n) is 7.86. The van der Waals surface area contributed by atoms with Gasteiger partial charge in [-0.15, -0.1) is 0 Å². The van der Waals surface area contributed by atoms with E-state index < -0.39 is 7.36 Å². The Kier molecular flexibility index (Phi) is 5.80. The van der Waals surface area contributed by atoms with E-state index >= 15 is 0 Å². The van der Waals surface area contributed by atoms with Crippen LogP contribution in [0.3, 0.4) is 0 Å². The number of rotatable bonds is 3. The molecule has 4 bridgehead atoms. The second kappa shape index (κ2) is 7.70. The number of hydrogen-bond acceptors (Lipinski definition) is 1. The predicted octanol–water partition coefficient (Wildman–Crippen LogP) is 5.27. The van der Waals surface area contributed by atoms with E-state index in [0.717, 1.165) is 36.0 Å². The molecule has 4 aliphatic carbocycles. The molecule has 5 fully saturated rings. The van der Waals surface area contributed by atoms with Crippen LogP contribution in [-0.2, 0) is 0 Å². The lowest BCUT2D eigenvalue weighted by molar-refractivity contribution is 0.0307. The van der Waals surface area contributed by atoms with Crippen molar-refractivity contribution in [3.8, 4) is 0 Å². The molecule has 1 aliphatic heterocycles. The Balaban J connectivity index is 1.75. The lowest BCUT2D eigenvalue weighted by Crippen LogP contribution is -2.54. The standard InChI is InChI=1S/C21H39N4PS/c1-23(2)26(24(3)4,22-20(27)25-9-7-5-6-8-10-25)21-14-17-11-18(15-21)13-19(12-17)16-21/h17-19H,5-16H2,1-4H3. The Bertz CT molecular complexity index is 574. The molecular weight excluding hydrogens is 371 g/mol. The highest BCUT2D eigenvalue weighted by molar-refractivity contribution is 7.81. The summed E-state index contributed by atoms with van der Waals surface area (Å²) < 4.78 is 10.6. The highest BCUT2D eigenvalue weighted by Gasteiger charge is 2.59. The first kappa shape index (κ1) is 20.3. The molecule has 0 aromatic heterocycles. The van der Waals surface area contributed by atoms with E-state index in [1.165, 1.54) is 64.2 Å². The van der Waals surface area contributed by atoms with Crippen LogP contribution in [0.1, 0.15) is 64.2 Å². The molecule has 154 valence electrons. The summed E-state index contributed by atoms with van der Waals surface area (Å²) in [6.45, 7) is 2.20. The average Bonchev–Trinajstić information content (AvgIpc) is 2.86. The van der Waals surface area contributed by atoms with Crippen LogP contribution in [0.2, 0.25) is 0 Å². The van der Waals surface area contributed by atoms with E-state index in [2.05, 4.69) is 42.4 Å². The van der Waals surface area contributed by atoms with Crippen LogP contribution in [0, 0.1) is 17.8 Å². The van der Waals surface area contributed by atoms with Gasteiger partial charge in [-0.3, -0.25) is 9.34 Å². The van der Waals surface area contributed by atoms with Crippen LogP contribution < -0.4 is 0 Å². The summed E-state index contributed by atoms with van der Waals surface area (Å²) in [7, 11) is 7.25. The van der Waals surface area contributed by atoms with Crippen molar-refractivity contribution in [3.05, 3.63) is 0 Å². The fraction of sp³-hybridized carbons (Fsp3) is 0.952. The SMILES string of the molecule is CN(C)P(=NC(=S)N1CCCCCC1)(N(C)C)C12CC3CC(CC(C3)C1)C2. The van der Waals surface area contributed by atoms with Gasteiger partial charge in [-0.2, -0.15) is 0 Å². The minimum atomic E-state index is -1.87. The molecule has 0 aromatic rings. The normalized spacial score (nSPS) is 36.4. The molecule has 0 unspecified atom stereocenters. The zero-order valence-electron chi connectivity index (χ0n) is 17.9. The zero-order valence-corrected chi connectivity index (χ0v) is 19.6. The topological polar surface area (TPSA) is 22.1 Å². The minimum absolute atomic E-state index is 0.366. The molecule has 4 nitrogen and oxygen atoms in total. The van der Waals surface area contributed by atoms with Crippen molar-refractivity contribution in [2.75, 3.05) is 41.3 Å². The van der Waals surface area contributed by atoms with Gasteiger partial charge < -0.3 is 4.90 Å². The Morgan fingerprint density at radius 2 is 1.30 bits per heavy atom. The number of thiocarbonyl (C=S) groups is 1. The third-order valence-corrected chi connectivity index (χ3v) is 12.9. The van der Waals surface area contributed by atoms with E-state index in [9.17, 15) is 0 Å². The quantitative estimate of drug-likeness (QED) is 0.467. The van der Waals surface area contributed by atoms with E-state index in [1.807, 2.05) is 0 Å². The largest absolute Gasteiger partial charge is 0.347 e. The van der Waals surface area contributed by atoms with Crippen LogP contribution in [0.15, 0.2) is 4.74 Å². The molecule has 4 saturated carbocycles. The molecule has 6 heteroatoms. The zero-order chi connectivity index (χ0) is 19.2. The van der Waals surface area contributed by atoms with Crippen molar-refractivity contribution in [2.45, 2.75) is 69.4 Å². The maximum Gasteiger partial charge on any atom is 0.196 e. The molecule has 27 heavy (non-hydrogen) atoms. The maximum absolute atomic E-state index is 6.01. The van der Waals surface area contributed by atoms with Crippen LogP contribution in [0.4, 0.5) is 0 Å². The van der Waals surface area contributed by atoms with Gasteiger partial charge in [-0.1, -0.05) is 12.8 Å². The first-order valence-electron chi connectivity index (χ1n) is 11.1. The predicted molar refractivity (Wildman–Crippen MR) is 120 cm³/mol. The summed E-state index contributed by atoms with van der Waals surface area (Å²) in [6.07, 6.45) is 13.8. The van der Waals surface area contributed by atoms with Gasteiger partial charge in [0, 0.05) is 18.2 Å². The van der Waals surface area contributed by atoms with E-state index in [0.29, 0.717) is 5.16 Å². The van der Waals surface area contributed by atoms with Crippen molar-refractivity contribution >= 4 is 24.7 Å². The summed E-state index contributed by atoms with van der Waals surface area (Å²) in [5, 5.41) is 1.27. The molecule has 5 rings (SSSR count). The second-order valence-corrected chi connectivity index (χ2v) is 14.4. The Morgan fingerprint density at radius 1 is 0.852 bits per heavy atom. The van der Waals surface area contributed by atoms with Crippen LogP contribution in [0.25, 0.3) is 0 Å². The molecule has 0 atom stereocenters. The van der Waals surface area contributed by atoms with Crippen LogP contribution >= 0.6 is 19.6 Å². The lowest BCUT2D eigenvalue weighted by atomic mass is 9.56. The second-order valence-electron chi connectivity index (χ2n) is 10.2. The smallest absolute Gasteiger partial charge is 0.196 e. The maximum atomic E-state index is 6.01. The fourth-order valence-electron chi connectivity index (χ4n) is 7.37. The monoisotopic (exact) mass is 410 g/mol. The highest BCUT2D eigenvalue weighted by Crippen LogP contribution is 2.75. The molecule has 0 amide bonds. The summed E-state index contributed by atoms with van der Waals surface area (Å²) >= 11 is 6.01. The Hall–Kier alpha value is 0.0400. The molecule has 5 aliphatic rings. The fourth-order valence-corrected chi connectivity index (χ4v) is 12.7. The summed E-state index contributed by atoms with van der Waals surface area (Å²) in [4.78, 5) is 2.42. The van der Waals surface area contributed by atoms with E-state index in [1.54, 1.807) is 0 Å². The molecule has 1 heterocycles. The lowest BCUT2D eigenvalue weighted by Gasteiger charge is -2.63. The Labute approximate surface area is 172 Å². The number of nitrogens with zero attached hydrogens (tertiary/aromatic N) is 4. The van der Waals surface area contributed by atoms with Gasteiger partial charge in [0.25, 0.3) is 0 Å². The summed E-state index contributed by atoms with van der Waals surface area (Å²) in [5.74, 6) is 2.83. The molecule has 0 radical (unpaired) electrons. The first-order chi connectivity index (χ1) is 12.9. The molecular formula is C21H39N4PS. The van der Waals surface area contributed by atoms with E-state index in [4.69, 9.17) is 17.0 Å². The van der Waals surface area contributed by atoms with Crippen molar-refractivity contribution in [1.29, 1.82) is 0 Å². The third kappa shape index (κ3) is 3.45. The first-order valence-corrected chi connectivity index (χ1v) is 13.2. The average molecular weight is 411 g/mol. The van der Waals surface area contributed by atoms with Gasteiger partial charge >= 0.3 is 0 Å². The minimum Gasteiger partial charge on any atom is -0.347 e. The summed E-state index contributed by atoms with van der Waals surface area (Å²) in [5.41, 5.74) is 0. The summed E-state index contributed by atoms with van der Waals surface area (Å²) in [6, 6.07) is 0. The van der Waals surface area contributed by atoms with Gasteiger partial charge in [0.1, 0.15) is 7.36 Å². The van der Waals surface area contributed by atoms with Gasteiger partial charge in [-0.05, 0) is 110 Å². The highest BCUT2D eigenvalue weighted by atomic mass is 32.1. The molecule has 0 N–H and O–H groups in total.